The lowest BCUT2D eigenvalue weighted by Gasteiger charge is -2.26. The summed E-state index contributed by atoms with van der Waals surface area (Å²) < 4.78 is 7.84. The molecule has 0 aliphatic heterocycles. The van der Waals surface area contributed by atoms with Crippen molar-refractivity contribution < 1.29 is 19.6 Å². The minimum atomic E-state index is -2.43. The third kappa shape index (κ3) is 4.90. The molecule has 0 saturated carbocycles. The van der Waals surface area contributed by atoms with Crippen molar-refractivity contribution in [2.45, 2.75) is 37.9 Å². The summed E-state index contributed by atoms with van der Waals surface area (Å²) in [5.41, 5.74) is 0.428. The predicted octanol–water partition coefficient (Wildman–Crippen LogP) is 3.28. The minimum Gasteiger partial charge on any atom is -0.444 e. The Kier molecular flexibility index (Phi) is 7.95. The molecule has 0 bridgehead atoms. The third-order valence-electron chi connectivity index (χ3n) is 3.63. The van der Waals surface area contributed by atoms with Crippen molar-refractivity contribution in [3.63, 3.8) is 0 Å². The van der Waals surface area contributed by atoms with Crippen LogP contribution in [0.2, 0.25) is 0 Å². The van der Waals surface area contributed by atoms with Gasteiger partial charge in [0, 0.05) is 19.6 Å². The van der Waals surface area contributed by atoms with E-state index in [2.05, 4.69) is 11.8 Å². The SMILES string of the molecule is C=NN(C)[P+](=S)C(CC)(CC)Oc1ccc(C(O)P(O)O)cc1. The van der Waals surface area contributed by atoms with E-state index in [1.165, 1.54) is 0 Å². The lowest BCUT2D eigenvalue weighted by atomic mass is 10.2. The van der Waals surface area contributed by atoms with Gasteiger partial charge < -0.3 is 19.6 Å². The molecule has 23 heavy (non-hydrogen) atoms. The fraction of sp³-hybridized carbons (Fsp3) is 0.500. The maximum absolute atomic E-state index is 9.66. The number of nitrogens with zero attached hydrogens (tertiary/aromatic N) is 2. The van der Waals surface area contributed by atoms with Crippen LogP contribution in [0.5, 0.6) is 5.75 Å². The van der Waals surface area contributed by atoms with Crippen molar-refractivity contribution in [1.29, 1.82) is 0 Å². The number of hydrazone groups is 1. The molecular weight excluding hydrogens is 354 g/mol. The van der Waals surface area contributed by atoms with Gasteiger partial charge in [-0.3, -0.25) is 0 Å². The molecule has 3 N–H and O–H groups in total. The molecule has 0 fully saturated rings. The van der Waals surface area contributed by atoms with Gasteiger partial charge >= 0.3 is 6.85 Å². The van der Waals surface area contributed by atoms with Crippen LogP contribution in [0.4, 0.5) is 0 Å². The molecule has 0 aliphatic carbocycles. The topological polar surface area (TPSA) is 85.5 Å². The van der Waals surface area contributed by atoms with E-state index in [1.54, 1.807) is 36.1 Å². The normalized spacial score (nSPS) is 13.6. The summed E-state index contributed by atoms with van der Waals surface area (Å²) in [5, 5.41) is 13.0. The summed E-state index contributed by atoms with van der Waals surface area (Å²) in [6, 6.07) is 6.60. The molecule has 0 spiro atoms. The van der Waals surface area contributed by atoms with Crippen LogP contribution < -0.4 is 4.74 Å². The van der Waals surface area contributed by atoms with Crippen LogP contribution in [0.25, 0.3) is 0 Å². The van der Waals surface area contributed by atoms with Crippen LogP contribution in [0, 0.1) is 0 Å². The zero-order valence-corrected chi connectivity index (χ0v) is 16.1. The fourth-order valence-corrected chi connectivity index (χ4v) is 4.93. The lowest BCUT2D eigenvalue weighted by Crippen LogP contribution is -2.33. The average molecular weight is 377 g/mol. The number of benzene rings is 1. The Morgan fingerprint density at radius 2 is 1.87 bits per heavy atom. The Morgan fingerprint density at radius 3 is 2.26 bits per heavy atom. The fourth-order valence-electron chi connectivity index (χ4n) is 2.09. The maximum Gasteiger partial charge on any atom is 0.358 e. The smallest absolute Gasteiger partial charge is 0.358 e. The number of aliphatic hydroxyl groups excluding tert-OH is 1. The highest BCUT2D eigenvalue weighted by Crippen LogP contribution is 2.48. The van der Waals surface area contributed by atoms with Crippen LogP contribution in [-0.4, -0.2) is 38.8 Å². The molecular formula is C14H23N2O4P2S+. The largest absolute Gasteiger partial charge is 0.444 e. The first kappa shape index (κ1) is 20.4. The Balaban J connectivity index is 3.01. The molecule has 0 aliphatic rings. The molecule has 1 rings (SSSR count). The second-order valence-electron chi connectivity index (χ2n) is 4.92. The number of hydrogen-bond donors (Lipinski definition) is 3. The van der Waals surface area contributed by atoms with Crippen LogP contribution in [0.3, 0.4) is 0 Å². The monoisotopic (exact) mass is 377 g/mol. The van der Waals surface area contributed by atoms with Crippen molar-refractivity contribution in [2.75, 3.05) is 7.05 Å². The molecule has 6 nitrogen and oxygen atoms in total. The van der Waals surface area contributed by atoms with Gasteiger partial charge in [-0.1, -0.05) is 26.0 Å². The van der Waals surface area contributed by atoms with Crippen molar-refractivity contribution in [3.05, 3.63) is 29.8 Å². The molecule has 9 heteroatoms. The molecule has 1 aromatic carbocycles. The summed E-state index contributed by atoms with van der Waals surface area (Å²) in [7, 11) is -0.636. The van der Waals surface area contributed by atoms with Gasteiger partial charge in [-0.15, -0.1) is 4.78 Å². The van der Waals surface area contributed by atoms with Gasteiger partial charge in [0.1, 0.15) is 11.6 Å². The Labute approximate surface area is 144 Å². The Bertz CT molecular complexity index is 538. The van der Waals surface area contributed by atoms with Crippen molar-refractivity contribution in [3.8, 4) is 5.75 Å². The molecule has 0 radical (unpaired) electrons. The van der Waals surface area contributed by atoms with E-state index in [-0.39, 0.29) is 0 Å². The summed E-state index contributed by atoms with van der Waals surface area (Å²) >= 11 is 5.62. The van der Waals surface area contributed by atoms with E-state index < -0.39 is 26.4 Å². The zero-order valence-electron chi connectivity index (χ0n) is 13.5. The quantitative estimate of drug-likeness (QED) is 0.348. The lowest BCUT2D eigenvalue weighted by molar-refractivity contribution is 0.146. The molecule has 0 amide bonds. The van der Waals surface area contributed by atoms with Crippen LogP contribution >= 0.6 is 15.2 Å². The van der Waals surface area contributed by atoms with Crippen molar-refractivity contribution in [1.82, 2.24) is 4.78 Å². The standard InChI is InChI=1S/C14H23N2O4P2S/c1-5-14(6-2,22(23)16(4)15-3)20-12-9-7-11(8-10-12)13(17)21(18)19/h7-10,13,17-19H,3,5-6H2,1-2,4H3/q+1. The maximum atomic E-state index is 9.66. The van der Waals surface area contributed by atoms with E-state index in [0.29, 0.717) is 11.3 Å². The van der Waals surface area contributed by atoms with E-state index in [1.807, 2.05) is 13.8 Å². The first-order chi connectivity index (χ1) is 10.8. The first-order valence-corrected chi connectivity index (χ1v) is 10.7. The predicted molar refractivity (Wildman–Crippen MR) is 98.3 cm³/mol. The second kappa shape index (κ2) is 8.97. The third-order valence-corrected chi connectivity index (χ3v) is 8.14. The van der Waals surface area contributed by atoms with Gasteiger partial charge in [-0.05, 0) is 17.7 Å². The summed E-state index contributed by atoms with van der Waals surface area (Å²) in [6.07, 6.45) is 1.45. The van der Waals surface area contributed by atoms with Gasteiger partial charge in [-0.2, -0.15) is 5.10 Å². The van der Waals surface area contributed by atoms with Gasteiger partial charge in [-0.25, -0.2) is 0 Å². The van der Waals surface area contributed by atoms with Gasteiger partial charge in [0.15, 0.2) is 11.8 Å². The van der Waals surface area contributed by atoms with Crippen molar-refractivity contribution >= 4 is 33.7 Å². The molecule has 2 atom stereocenters. The van der Waals surface area contributed by atoms with Gasteiger partial charge in [0.2, 0.25) is 8.38 Å². The van der Waals surface area contributed by atoms with Crippen LogP contribution in [-0.2, 0) is 11.8 Å². The van der Waals surface area contributed by atoms with Crippen LogP contribution in [0.1, 0.15) is 38.1 Å². The van der Waals surface area contributed by atoms with Gasteiger partial charge in [0.05, 0.1) is 7.05 Å². The number of hydrogen-bond acceptors (Lipinski definition) is 6. The summed E-state index contributed by atoms with van der Waals surface area (Å²) in [4.78, 5) is 18.1. The Hall–Kier alpha value is -0.680. The Morgan fingerprint density at radius 1 is 1.35 bits per heavy atom. The molecule has 2 unspecified atom stereocenters. The number of rotatable bonds is 9. The van der Waals surface area contributed by atoms with Crippen molar-refractivity contribution in [2.24, 2.45) is 5.10 Å². The zero-order chi connectivity index (χ0) is 17.6. The number of aliphatic hydroxyl groups is 1. The molecule has 1 aromatic rings. The van der Waals surface area contributed by atoms with E-state index in [4.69, 9.17) is 26.3 Å². The summed E-state index contributed by atoms with van der Waals surface area (Å²) in [6.45, 7) is 6.45. The molecule has 0 aromatic heterocycles. The highest BCUT2D eigenvalue weighted by atomic mass is 32.4. The highest BCUT2D eigenvalue weighted by molar-refractivity contribution is 8.04. The summed E-state index contributed by atoms with van der Waals surface area (Å²) in [5.74, 6) is -0.673. The van der Waals surface area contributed by atoms with Crippen LogP contribution in [0.15, 0.2) is 29.4 Å². The average Bonchev–Trinajstić information content (AvgIpc) is 2.58. The molecule has 0 saturated heterocycles. The second-order valence-corrected chi connectivity index (χ2v) is 9.03. The molecule has 0 heterocycles. The van der Waals surface area contributed by atoms with E-state index in [0.717, 1.165) is 12.8 Å². The molecule has 128 valence electrons. The van der Waals surface area contributed by atoms with Gasteiger partial charge in [0.25, 0.3) is 5.34 Å². The number of ether oxygens (including phenoxy) is 1. The first-order valence-electron chi connectivity index (χ1n) is 7.13. The van der Waals surface area contributed by atoms with E-state index in [9.17, 15) is 5.11 Å². The minimum absolute atomic E-state index is 0.428. The highest BCUT2D eigenvalue weighted by Gasteiger charge is 2.48. The van der Waals surface area contributed by atoms with E-state index >= 15 is 0 Å².